The lowest BCUT2D eigenvalue weighted by Gasteiger charge is -2.21. The number of rotatable bonds is 12. The second kappa shape index (κ2) is 12.2. The number of benzene rings is 1. The summed E-state index contributed by atoms with van der Waals surface area (Å²) in [5, 5.41) is 6.72. The maximum atomic E-state index is 4.21. The Bertz CT molecular complexity index is 811. The summed E-state index contributed by atoms with van der Waals surface area (Å²) in [7, 11) is 0. The van der Waals surface area contributed by atoms with E-state index < -0.39 is 0 Å². The molecule has 0 saturated carbocycles. The van der Waals surface area contributed by atoms with Crippen molar-refractivity contribution in [1.29, 1.82) is 0 Å². The Morgan fingerprint density at radius 2 is 2.03 bits per heavy atom. The minimum atomic E-state index is 0.412. The highest BCUT2D eigenvalue weighted by Crippen LogP contribution is 2.17. The summed E-state index contributed by atoms with van der Waals surface area (Å²) >= 11 is 0. The first kappa shape index (κ1) is 23.7. The summed E-state index contributed by atoms with van der Waals surface area (Å²) in [6.07, 6.45) is 16.9. The summed E-state index contributed by atoms with van der Waals surface area (Å²) < 4.78 is 0. The highest BCUT2D eigenvalue weighted by atomic mass is 14.9. The monoisotopic (exact) mass is 393 g/mol. The summed E-state index contributed by atoms with van der Waals surface area (Å²) in [5.74, 6) is 0.646. The fraction of sp³-hybridized carbons (Fsp3) is 0.571. The van der Waals surface area contributed by atoms with Gasteiger partial charge in [0.2, 0.25) is 0 Å². The molecule has 1 heteroatoms. The van der Waals surface area contributed by atoms with Gasteiger partial charge in [-0.05, 0) is 79.9 Å². The van der Waals surface area contributed by atoms with Gasteiger partial charge < -0.3 is 5.32 Å². The fourth-order valence-corrected chi connectivity index (χ4v) is 4.40. The van der Waals surface area contributed by atoms with Crippen LogP contribution in [-0.2, 0) is 13.0 Å². The zero-order valence-electron chi connectivity index (χ0n) is 19.6. The average Bonchev–Trinajstić information content (AvgIpc) is 2.71. The quantitative estimate of drug-likeness (QED) is 0.417. The smallest absolute Gasteiger partial charge is 0.0277 e. The van der Waals surface area contributed by atoms with E-state index in [4.69, 9.17) is 0 Å². The largest absolute Gasteiger partial charge is 0.306 e. The van der Waals surface area contributed by atoms with Gasteiger partial charge >= 0.3 is 0 Å². The lowest BCUT2D eigenvalue weighted by Crippen LogP contribution is -2.35. The molecule has 0 amide bonds. The molecule has 160 valence electrons. The van der Waals surface area contributed by atoms with Crippen molar-refractivity contribution in [2.45, 2.75) is 98.6 Å². The van der Waals surface area contributed by atoms with Crippen molar-refractivity contribution in [2.24, 2.45) is 5.92 Å². The predicted octanol–water partition coefficient (Wildman–Crippen LogP) is 6.19. The van der Waals surface area contributed by atoms with Crippen molar-refractivity contribution in [2.75, 3.05) is 0 Å². The molecular weight excluding hydrogens is 350 g/mol. The third-order valence-corrected chi connectivity index (χ3v) is 6.31. The van der Waals surface area contributed by atoms with Gasteiger partial charge in [-0.1, -0.05) is 81.7 Å². The van der Waals surface area contributed by atoms with Crippen LogP contribution in [0.1, 0.15) is 90.7 Å². The van der Waals surface area contributed by atoms with Gasteiger partial charge in [0, 0.05) is 12.6 Å². The molecule has 0 spiro atoms. The maximum Gasteiger partial charge on any atom is 0.0277 e. The van der Waals surface area contributed by atoms with Crippen LogP contribution >= 0.6 is 0 Å². The molecule has 1 aromatic carbocycles. The van der Waals surface area contributed by atoms with E-state index in [9.17, 15) is 0 Å². The van der Waals surface area contributed by atoms with E-state index in [1.54, 1.807) is 11.1 Å². The summed E-state index contributed by atoms with van der Waals surface area (Å²) in [6.45, 7) is 16.4. The minimum Gasteiger partial charge on any atom is -0.306 e. The second-order valence-electron chi connectivity index (χ2n) is 8.91. The van der Waals surface area contributed by atoms with Crippen LogP contribution in [0.2, 0.25) is 0 Å². The molecule has 0 heterocycles. The number of hydrogen-bond acceptors (Lipinski definition) is 1. The van der Waals surface area contributed by atoms with Crippen LogP contribution in [0.15, 0.2) is 35.9 Å². The Labute approximate surface area is 179 Å². The Hall–Kier alpha value is -1.60. The van der Waals surface area contributed by atoms with Crippen molar-refractivity contribution in [3.8, 4) is 0 Å². The zero-order chi connectivity index (χ0) is 21.2. The molecule has 0 saturated heterocycles. The lowest BCUT2D eigenvalue weighted by molar-refractivity contribution is 0.527. The summed E-state index contributed by atoms with van der Waals surface area (Å²) in [4.78, 5) is 0. The van der Waals surface area contributed by atoms with Crippen molar-refractivity contribution in [3.63, 3.8) is 0 Å². The van der Waals surface area contributed by atoms with Gasteiger partial charge in [-0.3, -0.25) is 0 Å². The van der Waals surface area contributed by atoms with Gasteiger partial charge in [0.15, 0.2) is 0 Å². The standard InChI is InChI=1S/C28H43N/c1-7-10-12-23(9-3)14-18-27-25(20-29-28(11-8-2)21(4)5)16-15-24-19-22(6)13-17-26(24)27/h9,15-17,19,22,28-29H,4,7-8,10-14,18,20H2,1-3,5-6H3/b23-9+/t22?,28-/m0/s1. The van der Waals surface area contributed by atoms with Crippen LogP contribution in [0.3, 0.4) is 0 Å². The third-order valence-electron chi connectivity index (χ3n) is 6.31. The van der Waals surface area contributed by atoms with E-state index in [2.05, 4.69) is 76.9 Å². The van der Waals surface area contributed by atoms with Crippen molar-refractivity contribution < 1.29 is 0 Å². The first-order valence-corrected chi connectivity index (χ1v) is 11.9. The van der Waals surface area contributed by atoms with E-state index in [-0.39, 0.29) is 0 Å². The highest BCUT2D eigenvalue weighted by molar-refractivity contribution is 5.46. The Balaban J connectivity index is 2.29. The van der Waals surface area contributed by atoms with Crippen LogP contribution in [0.4, 0.5) is 0 Å². The van der Waals surface area contributed by atoms with Crippen LogP contribution < -0.4 is 15.8 Å². The van der Waals surface area contributed by atoms with E-state index in [0.717, 1.165) is 25.8 Å². The molecule has 1 aromatic rings. The number of allylic oxidation sites excluding steroid dienone is 2. The minimum absolute atomic E-state index is 0.412. The molecule has 2 rings (SSSR count). The Morgan fingerprint density at radius 1 is 1.24 bits per heavy atom. The van der Waals surface area contributed by atoms with Crippen LogP contribution in [0.5, 0.6) is 0 Å². The average molecular weight is 394 g/mol. The Morgan fingerprint density at radius 3 is 2.69 bits per heavy atom. The van der Waals surface area contributed by atoms with Gasteiger partial charge in [-0.25, -0.2) is 0 Å². The molecule has 1 N–H and O–H groups in total. The zero-order valence-corrected chi connectivity index (χ0v) is 19.6. The first-order valence-electron chi connectivity index (χ1n) is 11.9. The maximum absolute atomic E-state index is 4.21. The van der Waals surface area contributed by atoms with Gasteiger partial charge in [0.1, 0.15) is 0 Å². The molecule has 0 aromatic heterocycles. The van der Waals surface area contributed by atoms with Gasteiger partial charge in [-0.15, -0.1) is 0 Å². The van der Waals surface area contributed by atoms with Gasteiger partial charge in [-0.2, -0.15) is 0 Å². The molecule has 0 fully saturated rings. The molecule has 1 unspecified atom stereocenters. The van der Waals surface area contributed by atoms with Crippen molar-refractivity contribution >= 4 is 12.2 Å². The molecule has 1 aliphatic carbocycles. The van der Waals surface area contributed by atoms with E-state index in [0.29, 0.717) is 12.0 Å². The highest BCUT2D eigenvalue weighted by Gasteiger charge is 2.13. The molecule has 29 heavy (non-hydrogen) atoms. The van der Waals surface area contributed by atoms with Crippen LogP contribution in [0, 0.1) is 5.92 Å². The summed E-state index contributed by atoms with van der Waals surface area (Å²) in [6, 6.07) is 5.12. The van der Waals surface area contributed by atoms with Crippen molar-refractivity contribution in [3.05, 3.63) is 57.5 Å². The molecule has 1 aliphatic rings. The molecule has 0 bridgehead atoms. The molecule has 2 atom stereocenters. The van der Waals surface area contributed by atoms with E-state index in [1.165, 1.54) is 53.7 Å². The first-order chi connectivity index (χ1) is 14.0. The fourth-order valence-electron chi connectivity index (χ4n) is 4.40. The van der Waals surface area contributed by atoms with Gasteiger partial charge in [0.05, 0.1) is 0 Å². The third kappa shape index (κ3) is 7.00. The number of hydrogen-bond donors (Lipinski definition) is 1. The van der Waals surface area contributed by atoms with Crippen LogP contribution in [0.25, 0.3) is 12.2 Å². The SMILES string of the molecule is C=C(C)[C@H](CCC)NCc1ccc2c(c1CC/C(=C/C)CCCC)=CCC(C)C=2. The molecule has 0 radical (unpaired) electrons. The normalized spacial score (nSPS) is 17.3. The predicted molar refractivity (Wildman–Crippen MR) is 130 cm³/mol. The molecular formula is C28H43N. The van der Waals surface area contributed by atoms with Crippen molar-refractivity contribution in [1.82, 2.24) is 5.32 Å². The summed E-state index contributed by atoms with van der Waals surface area (Å²) in [5.41, 5.74) is 5.89. The van der Waals surface area contributed by atoms with Crippen LogP contribution in [-0.4, -0.2) is 6.04 Å². The number of nitrogens with one attached hydrogen (secondary N) is 1. The molecule has 0 aliphatic heterocycles. The Kier molecular flexibility index (Phi) is 9.94. The topological polar surface area (TPSA) is 12.0 Å². The number of unbranched alkanes of at least 4 members (excludes halogenated alkanes) is 1. The van der Waals surface area contributed by atoms with E-state index in [1.807, 2.05) is 0 Å². The van der Waals surface area contributed by atoms with E-state index >= 15 is 0 Å². The lowest BCUT2D eigenvalue weighted by atomic mass is 9.90. The van der Waals surface area contributed by atoms with Gasteiger partial charge in [0.25, 0.3) is 0 Å². The molecule has 1 nitrogen and oxygen atoms in total. The second-order valence-corrected chi connectivity index (χ2v) is 8.91. The number of fused-ring (bicyclic) bond motifs is 1.